The molecule has 2 aromatic carbocycles. The second-order valence-corrected chi connectivity index (χ2v) is 9.33. The van der Waals surface area contributed by atoms with Crippen LogP contribution in [0.15, 0.2) is 47.3 Å². The SMILES string of the molecule is Cc1ccc(NC(=S)N(CCCN2CCOCC2)Cc2cc3cc4c(cc3[nH]c2=O)OCO4)cc1. The van der Waals surface area contributed by atoms with E-state index in [0.717, 1.165) is 62.4 Å². The largest absolute Gasteiger partial charge is 0.454 e. The van der Waals surface area contributed by atoms with Gasteiger partial charge in [-0.2, -0.15) is 0 Å². The topological polar surface area (TPSA) is 79.1 Å². The molecule has 0 amide bonds. The van der Waals surface area contributed by atoms with Crippen LogP contribution in [0.25, 0.3) is 10.9 Å². The van der Waals surface area contributed by atoms with Gasteiger partial charge in [0.05, 0.1) is 25.3 Å². The van der Waals surface area contributed by atoms with E-state index in [4.69, 9.17) is 26.4 Å². The molecule has 3 aromatic rings. The van der Waals surface area contributed by atoms with Gasteiger partial charge < -0.3 is 29.4 Å². The van der Waals surface area contributed by atoms with Gasteiger partial charge in [-0.15, -0.1) is 0 Å². The molecule has 0 atom stereocenters. The number of H-pyrrole nitrogens is 1. The molecule has 2 N–H and O–H groups in total. The minimum Gasteiger partial charge on any atom is -0.454 e. The zero-order chi connectivity index (χ0) is 24.2. The molecule has 9 heteroatoms. The van der Waals surface area contributed by atoms with Crippen LogP contribution >= 0.6 is 12.2 Å². The molecule has 8 nitrogen and oxygen atoms in total. The van der Waals surface area contributed by atoms with E-state index in [2.05, 4.69) is 27.0 Å². The van der Waals surface area contributed by atoms with E-state index in [1.807, 2.05) is 42.5 Å². The van der Waals surface area contributed by atoms with E-state index in [0.29, 0.717) is 28.7 Å². The Hall–Kier alpha value is -3.14. The van der Waals surface area contributed by atoms with Crippen molar-refractivity contribution in [1.29, 1.82) is 0 Å². The third-order valence-corrected chi connectivity index (χ3v) is 6.73. The number of aryl methyl sites for hydroxylation is 1. The number of pyridine rings is 1. The molecular weight excluding hydrogens is 464 g/mol. The van der Waals surface area contributed by atoms with Crippen molar-refractivity contribution in [2.45, 2.75) is 19.9 Å². The molecule has 0 spiro atoms. The normalized spacial score (nSPS) is 15.3. The van der Waals surface area contributed by atoms with Gasteiger partial charge in [-0.3, -0.25) is 9.69 Å². The van der Waals surface area contributed by atoms with E-state index in [9.17, 15) is 4.79 Å². The van der Waals surface area contributed by atoms with E-state index >= 15 is 0 Å². The Bertz CT molecular complexity index is 1250. The summed E-state index contributed by atoms with van der Waals surface area (Å²) in [5.74, 6) is 1.34. The molecule has 0 bridgehead atoms. The summed E-state index contributed by atoms with van der Waals surface area (Å²) < 4.78 is 16.4. The fourth-order valence-corrected chi connectivity index (χ4v) is 4.64. The third-order valence-electron chi connectivity index (χ3n) is 6.37. The van der Waals surface area contributed by atoms with Crippen molar-refractivity contribution < 1.29 is 14.2 Å². The smallest absolute Gasteiger partial charge is 0.253 e. The molecule has 1 fully saturated rings. The Morgan fingerprint density at radius 3 is 2.63 bits per heavy atom. The summed E-state index contributed by atoms with van der Waals surface area (Å²) in [7, 11) is 0. The molecule has 0 radical (unpaired) electrons. The number of aromatic amines is 1. The number of nitrogens with zero attached hydrogens (tertiary/aromatic N) is 2. The van der Waals surface area contributed by atoms with Gasteiger partial charge in [0.2, 0.25) is 6.79 Å². The second kappa shape index (κ2) is 10.6. The number of nitrogens with one attached hydrogen (secondary N) is 2. The summed E-state index contributed by atoms with van der Waals surface area (Å²) in [6, 6.07) is 13.8. The fraction of sp³-hybridized carbons (Fsp3) is 0.385. The van der Waals surface area contributed by atoms with Gasteiger partial charge >= 0.3 is 0 Å². The number of benzene rings is 2. The van der Waals surface area contributed by atoms with Crippen molar-refractivity contribution in [2.24, 2.45) is 0 Å². The van der Waals surface area contributed by atoms with E-state index in [1.165, 1.54) is 5.56 Å². The van der Waals surface area contributed by atoms with Crippen molar-refractivity contribution in [3.05, 3.63) is 63.9 Å². The van der Waals surface area contributed by atoms with Gasteiger partial charge in [0.1, 0.15) is 0 Å². The monoisotopic (exact) mass is 494 g/mol. The zero-order valence-corrected chi connectivity index (χ0v) is 20.7. The Balaban J connectivity index is 1.34. The van der Waals surface area contributed by atoms with Gasteiger partial charge in [0.15, 0.2) is 16.6 Å². The van der Waals surface area contributed by atoms with Gasteiger partial charge in [0.25, 0.3) is 5.56 Å². The molecule has 0 aliphatic carbocycles. The lowest BCUT2D eigenvalue weighted by Crippen LogP contribution is -2.40. The van der Waals surface area contributed by atoms with Gasteiger partial charge in [-0.05, 0) is 49.8 Å². The highest BCUT2D eigenvalue weighted by atomic mass is 32.1. The maximum absolute atomic E-state index is 13.0. The molecule has 35 heavy (non-hydrogen) atoms. The lowest BCUT2D eigenvalue weighted by atomic mass is 10.1. The van der Waals surface area contributed by atoms with Crippen LogP contribution in [0.5, 0.6) is 11.5 Å². The highest BCUT2D eigenvalue weighted by molar-refractivity contribution is 7.80. The van der Waals surface area contributed by atoms with Gasteiger partial charge in [-0.25, -0.2) is 0 Å². The lowest BCUT2D eigenvalue weighted by molar-refractivity contribution is 0.0367. The van der Waals surface area contributed by atoms with E-state index < -0.39 is 0 Å². The summed E-state index contributed by atoms with van der Waals surface area (Å²) in [6.45, 7) is 7.80. The van der Waals surface area contributed by atoms with Crippen molar-refractivity contribution in [3.63, 3.8) is 0 Å². The predicted molar refractivity (Wildman–Crippen MR) is 140 cm³/mol. The standard InChI is InChI=1S/C26H30N4O4S/c1-18-3-5-21(6-4-18)27-26(35)30(8-2-7-29-9-11-32-12-10-29)16-20-13-19-14-23-24(34-17-33-23)15-22(19)28-25(20)31/h3-6,13-15H,2,7-12,16-17H2,1H3,(H,27,35)(H,28,31). The molecule has 2 aliphatic rings. The summed E-state index contributed by atoms with van der Waals surface area (Å²) in [5, 5.41) is 4.84. The Morgan fingerprint density at radius 2 is 1.86 bits per heavy atom. The van der Waals surface area contributed by atoms with Crippen LogP contribution in [-0.2, 0) is 11.3 Å². The maximum Gasteiger partial charge on any atom is 0.253 e. The molecule has 0 unspecified atom stereocenters. The lowest BCUT2D eigenvalue weighted by Gasteiger charge is -2.29. The number of aromatic nitrogens is 1. The average molecular weight is 495 g/mol. The summed E-state index contributed by atoms with van der Waals surface area (Å²) in [6.07, 6.45) is 0.930. The third kappa shape index (κ3) is 5.75. The van der Waals surface area contributed by atoms with Gasteiger partial charge in [0, 0.05) is 48.9 Å². The number of hydrogen-bond acceptors (Lipinski definition) is 6. The number of anilines is 1. The average Bonchev–Trinajstić information content (AvgIpc) is 3.31. The zero-order valence-electron chi connectivity index (χ0n) is 19.8. The molecular formula is C26H30N4O4S. The van der Waals surface area contributed by atoms with Gasteiger partial charge in [-0.1, -0.05) is 17.7 Å². The molecule has 0 saturated carbocycles. The number of ether oxygens (including phenoxy) is 3. The summed E-state index contributed by atoms with van der Waals surface area (Å²) in [5.41, 5.74) is 3.36. The minimum atomic E-state index is -0.132. The first-order valence-electron chi connectivity index (χ1n) is 11.9. The first kappa shape index (κ1) is 23.6. The quantitative estimate of drug-likeness (QED) is 0.484. The van der Waals surface area contributed by atoms with Crippen molar-refractivity contribution in [2.75, 3.05) is 51.5 Å². The highest BCUT2D eigenvalue weighted by Gasteiger charge is 2.18. The maximum atomic E-state index is 13.0. The first-order chi connectivity index (χ1) is 17.0. The van der Waals surface area contributed by atoms with Crippen molar-refractivity contribution in [3.8, 4) is 11.5 Å². The molecule has 3 heterocycles. The number of thiocarbonyl (C=S) groups is 1. The van der Waals surface area contributed by atoms with E-state index in [-0.39, 0.29) is 12.4 Å². The Morgan fingerprint density at radius 1 is 1.11 bits per heavy atom. The van der Waals surface area contributed by atoms with Crippen LogP contribution in [0.2, 0.25) is 0 Å². The van der Waals surface area contributed by atoms with E-state index in [1.54, 1.807) is 0 Å². The molecule has 184 valence electrons. The van der Waals surface area contributed by atoms with Crippen LogP contribution in [0.4, 0.5) is 5.69 Å². The van der Waals surface area contributed by atoms with Crippen LogP contribution in [0, 0.1) is 6.92 Å². The molecule has 5 rings (SSSR count). The highest BCUT2D eigenvalue weighted by Crippen LogP contribution is 2.35. The Kier molecular flexibility index (Phi) is 7.17. The minimum absolute atomic E-state index is 0.132. The van der Waals surface area contributed by atoms with Crippen LogP contribution in [-0.4, -0.2) is 66.1 Å². The summed E-state index contributed by atoms with van der Waals surface area (Å²) >= 11 is 5.80. The van der Waals surface area contributed by atoms with Crippen LogP contribution in [0.1, 0.15) is 17.5 Å². The first-order valence-corrected chi connectivity index (χ1v) is 12.3. The fourth-order valence-electron chi connectivity index (χ4n) is 4.37. The molecule has 2 aliphatic heterocycles. The van der Waals surface area contributed by atoms with Crippen molar-refractivity contribution in [1.82, 2.24) is 14.8 Å². The second-order valence-electron chi connectivity index (χ2n) is 8.94. The number of hydrogen-bond donors (Lipinski definition) is 2. The van der Waals surface area contributed by atoms with Crippen LogP contribution < -0.4 is 20.3 Å². The number of rotatable bonds is 7. The Labute approximate surface area is 209 Å². The predicted octanol–water partition coefficient (Wildman–Crippen LogP) is 3.49. The van der Waals surface area contributed by atoms with Crippen LogP contribution in [0.3, 0.4) is 0 Å². The molecule has 1 aromatic heterocycles. The number of fused-ring (bicyclic) bond motifs is 2. The summed E-state index contributed by atoms with van der Waals surface area (Å²) in [4.78, 5) is 20.4. The van der Waals surface area contributed by atoms with Crippen molar-refractivity contribution >= 4 is 33.9 Å². The molecule has 1 saturated heterocycles. The number of morpholine rings is 1.